The van der Waals surface area contributed by atoms with Crippen molar-refractivity contribution in [3.8, 4) is 22.6 Å². The average Bonchev–Trinajstić information content (AvgIpc) is 3.41. The summed E-state index contributed by atoms with van der Waals surface area (Å²) >= 11 is 0. The Bertz CT molecular complexity index is 1620. The Morgan fingerprint density at radius 2 is 1.62 bits per heavy atom. The maximum atomic E-state index is 12.9. The van der Waals surface area contributed by atoms with Gasteiger partial charge in [-0.2, -0.15) is 0 Å². The van der Waals surface area contributed by atoms with Gasteiger partial charge >= 0.3 is 0 Å². The zero-order valence-corrected chi connectivity index (χ0v) is 21.8. The number of para-hydroxylation sites is 1. The summed E-state index contributed by atoms with van der Waals surface area (Å²) in [5, 5.41) is 1.02. The second-order valence-electron chi connectivity index (χ2n) is 9.43. The van der Waals surface area contributed by atoms with Crippen LogP contribution >= 0.6 is 0 Å². The first-order valence-electron chi connectivity index (χ1n) is 13.0. The lowest BCUT2D eigenvalue weighted by atomic mass is 10.1. The van der Waals surface area contributed by atoms with Gasteiger partial charge in [0.05, 0.1) is 12.5 Å². The summed E-state index contributed by atoms with van der Waals surface area (Å²) in [7, 11) is 1.64. The Labute approximate surface area is 227 Å². The van der Waals surface area contributed by atoms with Gasteiger partial charge in [-0.05, 0) is 41.5 Å². The van der Waals surface area contributed by atoms with Gasteiger partial charge in [0, 0.05) is 49.7 Å². The number of hydrogen-bond donors (Lipinski definition) is 0. The second-order valence-corrected chi connectivity index (χ2v) is 9.43. The van der Waals surface area contributed by atoms with Crippen LogP contribution in [-0.2, 0) is 4.79 Å². The maximum Gasteiger partial charge on any atom is 0.246 e. The van der Waals surface area contributed by atoms with E-state index in [0.29, 0.717) is 26.2 Å². The molecule has 6 rings (SSSR count). The second kappa shape index (κ2) is 10.8. The van der Waals surface area contributed by atoms with Gasteiger partial charge in [-0.1, -0.05) is 60.7 Å². The van der Waals surface area contributed by atoms with E-state index in [0.717, 1.165) is 45.0 Å². The minimum absolute atomic E-state index is 0.00510. The van der Waals surface area contributed by atoms with Gasteiger partial charge in [0.1, 0.15) is 17.9 Å². The molecule has 0 bridgehead atoms. The number of carbonyl (C=O) groups excluding carboxylic acids is 1. The summed E-state index contributed by atoms with van der Waals surface area (Å²) < 4.78 is 7.41. The van der Waals surface area contributed by atoms with Gasteiger partial charge in [-0.15, -0.1) is 0 Å². The molecule has 1 aliphatic rings. The third-order valence-corrected chi connectivity index (χ3v) is 7.09. The molecule has 0 unspecified atom stereocenters. The fourth-order valence-corrected chi connectivity index (χ4v) is 5.06. The molecular weight excluding hydrogens is 486 g/mol. The highest BCUT2D eigenvalue weighted by Crippen LogP contribution is 2.37. The number of amides is 1. The van der Waals surface area contributed by atoms with E-state index in [4.69, 9.17) is 14.7 Å². The van der Waals surface area contributed by atoms with Crippen molar-refractivity contribution in [2.24, 2.45) is 0 Å². The first-order valence-corrected chi connectivity index (χ1v) is 13.0. The van der Waals surface area contributed by atoms with E-state index >= 15 is 0 Å². The van der Waals surface area contributed by atoms with E-state index in [1.54, 1.807) is 19.5 Å². The van der Waals surface area contributed by atoms with Crippen LogP contribution in [0.2, 0.25) is 0 Å². The van der Waals surface area contributed by atoms with Crippen LogP contribution in [0.25, 0.3) is 33.9 Å². The summed E-state index contributed by atoms with van der Waals surface area (Å²) in [5.41, 5.74) is 5.05. The number of ether oxygens (including phenoxy) is 1. The van der Waals surface area contributed by atoms with Gasteiger partial charge in [-0.25, -0.2) is 9.97 Å². The van der Waals surface area contributed by atoms with Crippen molar-refractivity contribution >= 4 is 28.8 Å². The van der Waals surface area contributed by atoms with Gasteiger partial charge < -0.3 is 19.1 Å². The molecule has 0 saturated carbocycles. The predicted molar refractivity (Wildman–Crippen MR) is 155 cm³/mol. The molecule has 5 aromatic rings. The number of nitrogens with zero attached hydrogens (tertiary/aromatic N) is 5. The van der Waals surface area contributed by atoms with Crippen LogP contribution in [0, 0.1) is 0 Å². The summed E-state index contributed by atoms with van der Waals surface area (Å²) in [6.45, 7) is 2.62. The number of aromatic nitrogens is 3. The molecule has 0 spiro atoms. The highest BCUT2D eigenvalue weighted by molar-refractivity contribution is 6.02. The van der Waals surface area contributed by atoms with Gasteiger partial charge in [0.15, 0.2) is 5.65 Å². The predicted octanol–water partition coefficient (Wildman–Crippen LogP) is 5.46. The van der Waals surface area contributed by atoms with Crippen molar-refractivity contribution in [3.63, 3.8) is 0 Å². The maximum absolute atomic E-state index is 12.9. The number of hydrogen-bond acceptors (Lipinski definition) is 5. The zero-order chi connectivity index (χ0) is 26.6. The molecule has 1 aliphatic heterocycles. The number of fused-ring (bicyclic) bond motifs is 1. The molecule has 7 heteroatoms. The molecule has 7 nitrogen and oxygen atoms in total. The number of rotatable bonds is 6. The summed E-state index contributed by atoms with van der Waals surface area (Å²) in [4.78, 5) is 26.6. The minimum atomic E-state index is 0.00510. The highest BCUT2D eigenvalue weighted by atomic mass is 16.5. The quantitative estimate of drug-likeness (QED) is 0.281. The average molecular weight is 516 g/mol. The standard InChI is InChI=1S/C32H29N5O2/c1-39-27-14-8-9-24(21-27)15-16-29(38)35-17-19-36(20-18-35)31-30-28(25-10-4-2-5-11-25)22-37(32(30)34-23-33-31)26-12-6-3-7-13-26/h2-16,21-23H,17-20H2,1H3/b16-15+. The fourth-order valence-electron chi connectivity index (χ4n) is 5.06. The number of carbonyl (C=O) groups is 1. The van der Waals surface area contributed by atoms with Crippen LogP contribution in [0.1, 0.15) is 5.56 Å². The van der Waals surface area contributed by atoms with E-state index in [1.807, 2.05) is 71.6 Å². The van der Waals surface area contributed by atoms with Crippen LogP contribution in [0.3, 0.4) is 0 Å². The van der Waals surface area contributed by atoms with Gasteiger partial charge in [-0.3, -0.25) is 4.79 Å². The van der Waals surface area contributed by atoms with Crippen molar-refractivity contribution in [1.29, 1.82) is 0 Å². The summed E-state index contributed by atoms with van der Waals surface area (Å²) in [6.07, 6.45) is 7.27. The molecule has 0 radical (unpaired) electrons. The van der Waals surface area contributed by atoms with E-state index < -0.39 is 0 Å². The third-order valence-electron chi connectivity index (χ3n) is 7.09. The molecule has 39 heavy (non-hydrogen) atoms. The third kappa shape index (κ3) is 4.99. The van der Waals surface area contributed by atoms with Crippen LogP contribution < -0.4 is 9.64 Å². The molecule has 2 aromatic heterocycles. The van der Waals surface area contributed by atoms with Crippen molar-refractivity contribution in [2.45, 2.75) is 0 Å². The molecule has 0 N–H and O–H groups in total. The Balaban J connectivity index is 1.27. The lowest BCUT2D eigenvalue weighted by Gasteiger charge is -2.35. The molecule has 1 amide bonds. The summed E-state index contributed by atoms with van der Waals surface area (Å²) in [6, 6.07) is 28.3. The van der Waals surface area contributed by atoms with E-state index in [1.165, 1.54) is 0 Å². The van der Waals surface area contributed by atoms with Crippen LogP contribution in [0.5, 0.6) is 5.75 Å². The largest absolute Gasteiger partial charge is 0.497 e. The number of benzene rings is 3. The molecular formula is C32H29N5O2. The van der Waals surface area contributed by atoms with Crippen molar-refractivity contribution < 1.29 is 9.53 Å². The number of anilines is 1. The normalized spacial score (nSPS) is 13.8. The van der Waals surface area contributed by atoms with Gasteiger partial charge in [0.2, 0.25) is 5.91 Å². The Morgan fingerprint density at radius 1 is 0.872 bits per heavy atom. The molecule has 1 fully saturated rings. The Kier molecular flexibility index (Phi) is 6.78. The van der Waals surface area contributed by atoms with Crippen molar-refractivity contribution in [3.05, 3.63) is 109 Å². The molecule has 1 saturated heterocycles. The monoisotopic (exact) mass is 515 g/mol. The molecule has 0 atom stereocenters. The van der Waals surface area contributed by atoms with Crippen LogP contribution in [0.4, 0.5) is 5.82 Å². The Hall–Kier alpha value is -4.91. The molecule has 0 aliphatic carbocycles. The number of methoxy groups -OCH3 is 1. The van der Waals surface area contributed by atoms with Crippen molar-refractivity contribution in [2.75, 3.05) is 38.2 Å². The van der Waals surface area contributed by atoms with E-state index in [9.17, 15) is 4.79 Å². The molecule has 3 heterocycles. The van der Waals surface area contributed by atoms with Crippen LogP contribution in [-0.4, -0.2) is 58.6 Å². The zero-order valence-electron chi connectivity index (χ0n) is 21.8. The topological polar surface area (TPSA) is 63.5 Å². The first kappa shape index (κ1) is 24.4. The molecule has 3 aromatic carbocycles. The van der Waals surface area contributed by atoms with Crippen LogP contribution in [0.15, 0.2) is 104 Å². The number of piperazine rings is 1. The SMILES string of the molecule is COc1cccc(/C=C/C(=O)N2CCN(c3ncnc4c3c(-c3ccccc3)cn4-c3ccccc3)CC2)c1. The first-order chi connectivity index (χ1) is 19.2. The Morgan fingerprint density at radius 3 is 2.36 bits per heavy atom. The lowest BCUT2D eigenvalue weighted by Crippen LogP contribution is -2.48. The van der Waals surface area contributed by atoms with Crippen molar-refractivity contribution in [1.82, 2.24) is 19.4 Å². The minimum Gasteiger partial charge on any atom is -0.497 e. The molecule has 194 valence electrons. The smallest absolute Gasteiger partial charge is 0.246 e. The van der Waals surface area contributed by atoms with Gasteiger partial charge in [0.25, 0.3) is 0 Å². The highest BCUT2D eigenvalue weighted by Gasteiger charge is 2.25. The lowest BCUT2D eigenvalue weighted by molar-refractivity contribution is -0.126. The van der Waals surface area contributed by atoms with E-state index in [-0.39, 0.29) is 5.91 Å². The summed E-state index contributed by atoms with van der Waals surface area (Å²) in [5.74, 6) is 1.67. The van der Waals surface area contributed by atoms with E-state index in [2.05, 4.69) is 39.9 Å². The fraction of sp³-hybridized carbons (Fsp3) is 0.156.